The van der Waals surface area contributed by atoms with Crippen LogP contribution in [0, 0.1) is 0 Å². The first-order valence-corrected chi connectivity index (χ1v) is 7.04. The standard InChI is InChI=1S/C15H11Cl3/c16-13-6-5-9(7-15(13)18)12-8-14(17)11-4-2-1-3-10(11)12/h1-7,12,14H,8H2/t12-,14+/m0/s1. The normalized spacial score (nSPS) is 21.9. The second-order valence-electron chi connectivity index (χ2n) is 4.56. The fourth-order valence-corrected chi connectivity index (χ4v) is 3.30. The largest absolute Gasteiger partial charge is 0.118 e. The Labute approximate surface area is 121 Å². The molecule has 0 bridgehead atoms. The molecule has 0 saturated carbocycles. The molecule has 0 nitrogen and oxygen atoms in total. The van der Waals surface area contributed by atoms with Crippen LogP contribution in [-0.2, 0) is 0 Å². The van der Waals surface area contributed by atoms with Crippen LogP contribution in [0.4, 0.5) is 0 Å². The topological polar surface area (TPSA) is 0 Å². The molecule has 0 heterocycles. The van der Waals surface area contributed by atoms with Crippen molar-refractivity contribution in [1.82, 2.24) is 0 Å². The zero-order chi connectivity index (χ0) is 12.7. The van der Waals surface area contributed by atoms with Crippen molar-refractivity contribution >= 4 is 34.8 Å². The maximum atomic E-state index is 6.40. The number of alkyl halides is 1. The monoisotopic (exact) mass is 296 g/mol. The number of benzene rings is 2. The Morgan fingerprint density at radius 3 is 2.33 bits per heavy atom. The van der Waals surface area contributed by atoms with Crippen molar-refractivity contribution in [2.75, 3.05) is 0 Å². The van der Waals surface area contributed by atoms with Crippen LogP contribution < -0.4 is 0 Å². The zero-order valence-electron chi connectivity index (χ0n) is 9.54. The highest BCUT2D eigenvalue weighted by Crippen LogP contribution is 2.47. The molecular formula is C15H11Cl3. The highest BCUT2D eigenvalue weighted by atomic mass is 35.5. The Bertz CT molecular complexity index is 592. The molecule has 0 aliphatic heterocycles. The summed E-state index contributed by atoms with van der Waals surface area (Å²) in [6.45, 7) is 0. The number of rotatable bonds is 1. The number of halogens is 3. The van der Waals surface area contributed by atoms with E-state index in [9.17, 15) is 0 Å². The number of hydrogen-bond donors (Lipinski definition) is 0. The predicted octanol–water partition coefficient (Wildman–Crippen LogP) is 5.81. The minimum absolute atomic E-state index is 0.0839. The lowest BCUT2D eigenvalue weighted by Crippen LogP contribution is -1.96. The lowest BCUT2D eigenvalue weighted by Gasteiger charge is -2.12. The summed E-state index contributed by atoms with van der Waals surface area (Å²) < 4.78 is 0. The van der Waals surface area contributed by atoms with Crippen LogP contribution in [0.1, 0.15) is 34.4 Å². The van der Waals surface area contributed by atoms with Gasteiger partial charge in [0.05, 0.1) is 15.4 Å². The van der Waals surface area contributed by atoms with Crippen molar-refractivity contribution in [1.29, 1.82) is 0 Å². The predicted molar refractivity (Wildman–Crippen MR) is 78.0 cm³/mol. The van der Waals surface area contributed by atoms with Gasteiger partial charge < -0.3 is 0 Å². The molecule has 2 aromatic carbocycles. The minimum atomic E-state index is 0.0839. The smallest absolute Gasteiger partial charge is 0.0597 e. The van der Waals surface area contributed by atoms with E-state index in [0.717, 1.165) is 6.42 Å². The second kappa shape index (κ2) is 4.77. The Hall–Kier alpha value is -0.690. The quantitative estimate of drug-likeness (QED) is 0.583. The maximum absolute atomic E-state index is 6.40. The molecule has 0 fully saturated rings. The summed E-state index contributed by atoms with van der Waals surface area (Å²) >= 11 is 18.4. The fraction of sp³-hybridized carbons (Fsp3) is 0.200. The van der Waals surface area contributed by atoms with E-state index in [4.69, 9.17) is 34.8 Å². The molecule has 0 amide bonds. The zero-order valence-corrected chi connectivity index (χ0v) is 11.8. The molecule has 1 aliphatic carbocycles. The SMILES string of the molecule is Clc1ccc([C@@H]2C[C@@H](Cl)c3ccccc32)cc1Cl. The van der Waals surface area contributed by atoms with Gasteiger partial charge in [0.2, 0.25) is 0 Å². The molecule has 0 saturated heterocycles. The van der Waals surface area contributed by atoms with E-state index in [2.05, 4.69) is 18.2 Å². The Morgan fingerprint density at radius 2 is 1.61 bits per heavy atom. The second-order valence-corrected chi connectivity index (χ2v) is 5.90. The minimum Gasteiger partial charge on any atom is -0.118 e. The van der Waals surface area contributed by atoms with E-state index in [1.807, 2.05) is 24.3 Å². The molecular weight excluding hydrogens is 287 g/mol. The molecule has 0 radical (unpaired) electrons. The third kappa shape index (κ3) is 2.03. The summed E-state index contributed by atoms with van der Waals surface area (Å²) in [5.41, 5.74) is 3.71. The average Bonchev–Trinajstić information content (AvgIpc) is 2.71. The van der Waals surface area contributed by atoms with Gasteiger partial charge in [-0.05, 0) is 35.2 Å². The molecule has 0 spiro atoms. The van der Waals surface area contributed by atoms with Crippen molar-refractivity contribution in [2.24, 2.45) is 0 Å². The molecule has 3 heteroatoms. The van der Waals surface area contributed by atoms with Gasteiger partial charge in [-0.15, -0.1) is 11.6 Å². The Kier molecular flexibility index (Phi) is 3.27. The van der Waals surface area contributed by atoms with Crippen LogP contribution in [0.15, 0.2) is 42.5 Å². The maximum Gasteiger partial charge on any atom is 0.0597 e. The molecule has 3 rings (SSSR count). The van der Waals surface area contributed by atoms with Crippen LogP contribution in [-0.4, -0.2) is 0 Å². The molecule has 0 N–H and O–H groups in total. The van der Waals surface area contributed by atoms with E-state index in [-0.39, 0.29) is 5.38 Å². The highest BCUT2D eigenvalue weighted by Gasteiger charge is 2.30. The Morgan fingerprint density at radius 1 is 0.889 bits per heavy atom. The lowest BCUT2D eigenvalue weighted by molar-refractivity contribution is 0.771. The molecule has 92 valence electrons. The first-order chi connectivity index (χ1) is 8.66. The lowest BCUT2D eigenvalue weighted by atomic mass is 9.93. The van der Waals surface area contributed by atoms with Crippen molar-refractivity contribution in [2.45, 2.75) is 17.7 Å². The molecule has 18 heavy (non-hydrogen) atoms. The summed E-state index contributed by atoms with van der Waals surface area (Å²) in [6, 6.07) is 14.2. The number of fused-ring (bicyclic) bond motifs is 1. The van der Waals surface area contributed by atoms with Crippen molar-refractivity contribution in [3.05, 3.63) is 69.2 Å². The van der Waals surface area contributed by atoms with Gasteiger partial charge in [0, 0.05) is 5.92 Å². The van der Waals surface area contributed by atoms with E-state index >= 15 is 0 Å². The third-order valence-electron chi connectivity index (χ3n) is 3.50. The molecule has 2 atom stereocenters. The molecule has 2 aromatic rings. The van der Waals surface area contributed by atoms with Crippen molar-refractivity contribution in [3.63, 3.8) is 0 Å². The van der Waals surface area contributed by atoms with Gasteiger partial charge in [-0.25, -0.2) is 0 Å². The van der Waals surface area contributed by atoms with Crippen LogP contribution in [0.5, 0.6) is 0 Å². The van der Waals surface area contributed by atoms with Crippen molar-refractivity contribution < 1.29 is 0 Å². The summed E-state index contributed by atoms with van der Waals surface area (Å²) in [5.74, 6) is 0.318. The van der Waals surface area contributed by atoms with Gasteiger partial charge in [0.25, 0.3) is 0 Å². The van der Waals surface area contributed by atoms with Gasteiger partial charge in [0.1, 0.15) is 0 Å². The van der Waals surface area contributed by atoms with Crippen LogP contribution >= 0.6 is 34.8 Å². The van der Waals surface area contributed by atoms with E-state index in [1.54, 1.807) is 0 Å². The molecule has 0 unspecified atom stereocenters. The van der Waals surface area contributed by atoms with E-state index in [1.165, 1.54) is 16.7 Å². The first-order valence-electron chi connectivity index (χ1n) is 5.84. The first kappa shape index (κ1) is 12.3. The van der Waals surface area contributed by atoms with Gasteiger partial charge in [-0.2, -0.15) is 0 Å². The van der Waals surface area contributed by atoms with Gasteiger partial charge >= 0.3 is 0 Å². The molecule has 0 aromatic heterocycles. The third-order valence-corrected chi connectivity index (χ3v) is 4.65. The average molecular weight is 298 g/mol. The van der Waals surface area contributed by atoms with E-state index < -0.39 is 0 Å². The molecule has 1 aliphatic rings. The van der Waals surface area contributed by atoms with E-state index in [0.29, 0.717) is 16.0 Å². The summed E-state index contributed by atoms with van der Waals surface area (Å²) in [6.07, 6.45) is 0.916. The number of hydrogen-bond acceptors (Lipinski definition) is 0. The van der Waals surface area contributed by atoms with Crippen LogP contribution in [0.3, 0.4) is 0 Å². The summed E-state index contributed by atoms with van der Waals surface area (Å²) in [5, 5.41) is 1.28. The summed E-state index contributed by atoms with van der Waals surface area (Å²) in [7, 11) is 0. The Balaban J connectivity index is 2.06. The van der Waals surface area contributed by atoms with Gasteiger partial charge in [0.15, 0.2) is 0 Å². The van der Waals surface area contributed by atoms with Crippen LogP contribution in [0.2, 0.25) is 10.0 Å². The van der Waals surface area contributed by atoms with Gasteiger partial charge in [-0.3, -0.25) is 0 Å². The summed E-state index contributed by atoms with van der Waals surface area (Å²) in [4.78, 5) is 0. The van der Waals surface area contributed by atoms with Crippen molar-refractivity contribution in [3.8, 4) is 0 Å². The highest BCUT2D eigenvalue weighted by molar-refractivity contribution is 6.42. The van der Waals surface area contributed by atoms with Crippen LogP contribution in [0.25, 0.3) is 0 Å². The van der Waals surface area contributed by atoms with Gasteiger partial charge in [-0.1, -0.05) is 53.5 Å². The fourth-order valence-electron chi connectivity index (χ4n) is 2.62.